The number of amides is 6. The number of nitrogens with one attached hydrogen (secondary N) is 5. The molecule has 0 saturated carbocycles. The lowest BCUT2D eigenvalue weighted by molar-refractivity contribution is -0.145. The molecule has 1 heterocycles. The maximum absolute atomic E-state index is 13.7. The summed E-state index contributed by atoms with van der Waals surface area (Å²) < 4.78 is 0. The number of nitrogens with zero attached hydrogens (tertiary/aromatic N) is 2. The van der Waals surface area contributed by atoms with Crippen molar-refractivity contribution in [1.29, 1.82) is 0 Å². The highest BCUT2D eigenvalue weighted by Gasteiger charge is 2.40. The lowest BCUT2D eigenvalue weighted by Gasteiger charge is -2.34. The van der Waals surface area contributed by atoms with Crippen LogP contribution in [0.5, 0.6) is 0 Å². The third-order valence-corrected chi connectivity index (χ3v) is 7.87. The number of hydrogen-bond donors (Lipinski definition) is 11. The number of allylic oxidation sites excluding steroid dienone is 1. The zero-order valence-electron chi connectivity index (χ0n) is 28.9. The van der Waals surface area contributed by atoms with Gasteiger partial charge in [-0.15, -0.1) is 0 Å². The van der Waals surface area contributed by atoms with Crippen LogP contribution in [0.2, 0.25) is 0 Å². The van der Waals surface area contributed by atoms with Crippen LogP contribution in [-0.4, -0.2) is 135 Å². The SMILES string of the molecule is CCC[C@H](NC(=O)[C@@H]1CCC=NN1C(=O)[C@@H](NC(=O)[C@H](C)NC(=O)C(N)(CO)CO)[C@H](C)N)C(=O)N/C(C(=O)N[C@@H](CO)C(=O)O)=C(/C)CC. The van der Waals surface area contributed by atoms with Crippen LogP contribution in [0.25, 0.3) is 0 Å². The summed E-state index contributed by atoms with van der Waals surface area (Å²) in [5.41, 5.74) is 9.73. The van der Waals surface area contributed by atoms with Gasteiger partial charge in [0.25, 0.3) is 11.8 Å². The van der Waals surface area contributed by atoms with Gasteiger partial charge in [-0.1, -0.05) is 20.3 Å². The van der Waals surface area contributed by atoms with Crippen molar-refractivity contribution >= 4 is 47.6 Å². The van der Waals surface area contributed by atoms with Crippen LogP contribution in [-0.2, 0) is 33.6 Å². The first-order valence-electron chi connectivity index (χ1n) is 16.1. The number of carbonyl (C=O) groups excluding carboxylic acids is 6. The van der Waals surface area contributed by atoms with E-state index in [0.717, 1.165) is 5.01 Å². The molecule has 6 amide bonds. The van der Waals surface area contributed by atoms with Crippen molar-refractivity contribution in [1.82, 2.24) is 31.6 Å². The van der Waals surface area contributed by atoms with E-state index in [0.29, 0.717) is 18.4 Å². The Labute approximate surface area is 289 Å². The van der Waals surface area contributed by atoms with E-state index >= 15 is 0 Å². The predicted molar refractivity (Wildman–Crippen MR) is 177 cm³/mol. The standard InChI is InChI=1S/C30H51N9O11/c1-6-9-18(24(44)37-21(15(3)7-2)26(46)36-19(12-40)28(48)49)35-25(45)20-10-8-11-33-39(20)27(47)22(16(4)31)38-23(43)17(5)34-29(50)30(32,13-41)14-42/h11,16-20,22,40-42H,6-10,12-14,31-32H2,1-5H3,(H,34,50)(H,35,45)(H,36,46)(H,37,44)(H,38,43)(H,48,49)/b21-15-/t16-,17-,18-,19-,20-,22-/m0/s1. The summed E-state index contributed by atoms with van der Waals surface area (Å²) in [4.78, 5) is 90.3. The van der Waals surface area contributed by atoms with E-state index in [4.69, 9.17) is 11.5 Å². The highest BCUT2D eigenvalue weighted by Crippen LogP contribution is 2.17. The third-order valence-electron chi connectivity index (χ3n) is 7.87. The van der Waals surface area contributed by atoms with Gasteiger partial charge in [-0.05, 0) is 52.0 Å². The van der Waals surface area contributed by atoms with Gasteiger partial charge in [0, 0.05) is 12.3 Å². The van der Waals surface area contributed by atoms with Crippen LogP contribution in [0.1, 0.15) is 66.7 Å². The van der Waals surface area contributed by atoms with Crippen LogP contribution in [0, 0.1) is 0 Å². The van der Waals surface area contributed by atoms with Gasteiger partial charge in [-0.25, -0.2) is 9.80 Å². The van der Waals surface area contributed by atoms with Crippen molar-refractivity contribution < 1.29 is 54.0 Å². The lowest BCUT2D eigenvalue weighted by Crippen LogP contribution is -2.64. The van der Waals surface area contributed by atoms with Gasteiger partial charge in [-0.2, -0.15) is 5.10 Å². The minimum Gasteiger partial charge on any atom is -0.480 e. The second kappa shape index (κ2) is 20.2. The molecule has 6 atom stereocenters. The molecule has 0 saturated heterocycles. The van der Waals surface area contributed by atoms with E-state index in [1.54, 1.807) is 20.8 Å². The van der Waals surface area contributed by atoms with E-state index in [9.17, 15) is 54.0 Å². The number of hydrogen-bond acceptors (Lipinski definition) is 13. The maximum atomic E-state index is 13.7. The van der Waals surface area contributed by atoms with Crippen LogP contribution in [0.4, 0.5) is 0 Å². The Kier molecular flexibility index (Phi) is 17.6. The zero-order chi connectivity index (χ0) is 38.3. The molecule has 1 rings (SSSR count). The third kappa shape index (κ3) is 11.8. The Morgan fingerprint density at radius 1 is 0.960 bits per heavy atom. The molecule has 0 radical (unpaired) electrons. The van der Waals surface area contributed by atoms with Crippen LogP contribution in [0.3, 0.4) is 0 Å². The van der Waals surface area contributed by atoms with Gasteiger partial charge in [0.2, 0.25) is 23.6 Å². The molecule has 0 aromatic rings. The molecule has 13 N–H and O–H groups in total. The topological polar surface area (TPSA) is 328 Å². The average Bonchev–Trinajstić information content (AvgIpc) is 3.09. The number of hydrazone groups is 1. The molecule has 50 heavy (non-hydrogen) atoms. The Bertz CT molecular complexity index is 1320. The minimum absolute atomic E-state index is 0.0781. The predicted octanol–water partition coefficient (Wildman–Crippen LogP) is -4.37. The molecule has 20 heteroatoms. The Balaban J connectivity index is 3.20. The van der Waals surface area contributed by atoms with Crippen molar-refractivity contribution in [2.75, 3.05) is 19.8 Å². The van der Waals surface area contributed by atoms with Crippen LogP contribution < -0.4 is 38.1 Å². The highest BCUT2D eigenvalue weighted by atomic mass is 16.4. The molecular weight excluding hydrogens is 662 g/mol. The molecule has 0 aliphatic carbocycles. The number of nitrogens with two attached hydrogens (primary N) is 2. The van der Waals surface area contributed by atoms with Gasteiger partial charge in [0.1, 0.15) is 35.4 Å². The number of aliphatic carboxylic acids is 1. The second-order valence-corrected chi connectivity index (χ2v) is 12.0. The van der Waals surface area contributed by atoms with Gasteiger partial charge < -0.3 is 58.5 Å². The zero-order valence-corrected chi connectivity index (χ0v) is 28.9. The van der Waals surface area contributed by atoms with Crippen molar-refractivity contribution in [3.63, 3.8) is 0 Å². The molecular formula is C30H51N9O11. The highest BCUT2D eigenvalue weighted by molar-refractivity contribution is 6.02. The van der Waals surface area contributed by atoms with E-state index in [-0.39, 0.29) is 25.0 Å². The van der Waals surface area contributed by atoms with E-state index in [2.05, 4.69) is 31.7 Å². The second-order valence-electron chi connectivity index (χ2n) is 12.0. The van der Waals surface area contributed by atoms with Gasteiger partial charge in [-0.3, -0.25) is 28.8 Å². The minimum atomic E-state index is -2.07. The van der Waals surface area contributed by atoms with Gasteiger partial charge >= 0.3 is 5.97 Å². The summed E-state index contributed by atoms with van der Waals surface area (Å²) in [6.07, 6.45) is 2.54. The van der Waals surface area contributed by atoms with E-state index in [1.807, 2.05) is 0 Å². The van der Waals surface area contributed by atoms with Crippen molar-refractivity contribution in [2.24, 2.45) is 16.6 Å². The molecule has 0 spiro atoms. The summed E-state index contributed by atoms with van der Waals surface area (Å²) >= 11 is 0. The summed E-state index contributed by atoms with van der Waals surface area (Å²) in [6.45, 7) is 4.95. The van der Waals surface area contributed by atoms with Crippen LogP contribution in [0.15, 0.2) is 16.4 Å². The first-order chi connectivity index (χ1) is 23.4. The van der Waals surface area contributed by atoms with E-state index in [1.165, 1.54) is 20.1 Å². The number of aliphatic hydroxyl groups is 3. The van der Waals surface area contributed by atoms with Crippen molar-refractivity contribution in [3.05, 3.63) is 11.3 Å². The number of carboxylic acids is 1. The van der Waals surface area contributed by atoms with E-state index < -0.39 is 103 Å². The molecule has 0 bridgehead atoms. The molecule has 0 fully saturated rings. The monoisotopic (exact) mass is 713 g/mol. The number of aliphatic hydroxyl groups excluding tert-OH is 3. The Morgan fingerprint density at radius 3 is 2.08 bits per heavy atom. The molecule has 20 nitrogen and oxygen atoms in total. The average molecular weight is 714 g/mol. The number of rotatable bonds is 19. The summed E-state index contributed by atoms with van der Waals surface area (Å²) in [6, 6.07) is -7.87. The molecule has 0 unspecified atom stereocenters. The van der Waals surface area contributed by atoms with Gasteiger partial charge in [0.05, 0.1) is 19.8 Å². The summed E-state index contributed by atoms with van der Waals surface area (Å²) in [7, 11) is 0. The quantitative estimate of drug-likeness (QED) is 0.0565. The van der Waals surface area contributed by atoms with Gasteiger partial charge in [0.15, 0.2) is 6.04 Å². The van der Waals surface area contributed by atoms with Crippen LogP contribution >= 0.6 is 0 Å². The normalized spacial score (nSPS) is 18.0. The summed E-state index contributed by atoms with van der Waals surface area (Å²) in [5.74, 6) is -6.81. The largest absolute Gasteiger partial charge is 0.480 e. The molecule has 1 aliphatic rings. The molecule has 0 aromatic carbocycles. The fraction of sp³-hybridized carbons (Fsp3) is 0.667. The first-order valence-corrected chi connectivity index (χ1v) is 16.1. The molecule has 1 aliphatic heterocycles. The fourth-order valence-corrected chi connectivity index (χ4v) is 4.46. The number of carbonyl (C=O) groups is 7. The number of carboxylic acid groups (broad SMARTS) is 1. The maximum Gasteiger partial charge on any atom is 0.328 e. The van der Waals surface area contributed by atoms with Crippen molar-refractivity contribution in [2.45, 2.75) is 109 Å². The Morgan fingerprint density at radius 2 is 1.58 bits per heavy atom. The Hall–Kier alpha value is -4.50. The summed E-state index contributed by atoms with van der Waals surface area (Å²) in [5, 5.41) is 54.0. The van der Waals surface area contributed by atoms with Crippen molar-refractivity contribution in [3.8, 4) is 0 Å². The lowest BCUT2D eigenvalue weighted by atomic mass is 10.0. The molecule has 0 aromatic heterocycles. The smallest absolute Gasteiger partial charge is 0.328 e. The fourth-order valence-electron chi connectivity index (χ4n) is 4.46. The first kappa shape index (κ1) is 43.5. The molecule has 282 valence electrons.